The van der Waals surface area contributed by atoms with Gasteiger partial charge in [-0.2, -0.15) is 0 Å². The fraction of sp³-hybridized carbons (Fsp3) is 1.00. The monoisotopic (exact) mass is 188 g/mol. The molecule has 0 unspecified atom stereocenters. The van der Waals surface area contributed by atoms with Gasteiger partial charge in [0.1, 0.15) is 0 Å². The molecule has 0 nitrogen and oxygen atoms in total. The van der Waals surface area contributed by atoms with Crippen LogP contribution in [-0.2, 0) is 0 Å². The lowest BCUT2D eigenvalue weighted by Gasteiger charge is -2.50. The Bertz CT molecular complexity index is 132. The van der Waals surface area contributed by atoms with Gasteiger partial charge in [-0.05, 0) is 30.1 Å². The molecule has 0 radical (unpaired) electrons. The van der Waals surface area contributed by atoms with Gasteiger partial charge < -0.3 is 0 Å². The number of rotatable bonds is 4. The van der Waals surface area contributed by atoms with Crippen LogP contribution in [-0.4, -0.2) is 5.88 Å². The van der Waals surface area contributed by atoms with Gasteiger partial charge in [-0.3, -0.25) is 0 Å². The van der Waals surface area contributed by atoms with E-state index < -0.39 is 0 Å². The Kier molecular flexibility index (Phi) is 3.46. The zero-order valence-corrected chi connectivity index (χ0v) is 9.32. The molecule has 0 aromatic rings. The molecule has 0 aromatic carbocycles. The first-order chi connectivity index (χ1) is 5.68. The van der Waals surface area contributed by atoms with Crippen LogP contribution in [0.3, 0.4) is 0 Å². The van der Waals surface area contributed by atoms with Crippen molar-refractivity contribution in [3.63, 3.8) is 0 Å². The molecule has 0 aliphatic heterocycles. The van der Waals surface area contributed by atoms with Crippen molar-refractivity contribution in [3.05, 3.63) is 0 Å². The third kappa shape index (κ3) is 1.64. The molecule has 1 aliphatic rings. The van der Waals surface area contributed by atoms with Crippen molar-refractivity contribution in [1.29, 1.82) is 0 Å². The van der Waals surface area contributed by atoms with E-state index in [1.807, 2.05) is 0 Å². The maximum absolute atomic E-state index is 6.08. The van der Waals surface area contributed by atoms with Crippen molar-refractivity contribution >= 4 is 11.6 Å². The van der Waals surface area contributed by atoms with E-state index in [0.29, 0.717) is 5.41 Å². The van der Waals surface area contributed by atoms with E-state index in [1.54, 1.807) is 0 Å². The summed E-state index contributed by atoms with van der Waals surface area (Å²) >= 11 is 6.08. The van der Waals surface area contributed by atoms with E-state index in [2.05, 4.69) is 20.8 Å². The molecule has 0 N–H and O–H groups in total. The van der Waals surface area contributed by atoms with Gasteiger partial charge in [0.15, 0.2) is 0 Å². The van der Waals surface area contributed by atoms with Gasteiger partial charge in [-0.15, -0.1) is 11.6 Å². The molecule has 0 atom stereocenters. The Morgan fingerprint density at radius 3 is 2.08 bits per heavy atom. The van der Waals surface area contributed by atoms with Crippen molar-refractivity contribution < 1.29 is 0 Å². The Labute approximate surface area is 81.7 Å². The molecule has 1 aliphatic carbocycles. The first kappa shape index (κ1) is 10.4. The minimum Gasteiger partial charge on any atom is -0.126 e. The Balaban J connectivity index is 2.55. The zero-order valence-electron chi connectivity index (χ0n) is 8.57. The van der Waals surface area contributed by atoms with Crippen LogP contribution in [0.4, 0.5) is 0 Å². The summed E-state index contributed by atoms with van der Waals surface area (Å²) in [6.07, 6.45) is 5.33. The van der Waals surface area contributed by atoms with E-state index in [-0.39, 0.29) is 0 Å². The summed E-state index contributed by atoms with van der Waals surface area (Å²) < 4.78 is 0. The van der Waals surface area contributed by atoms with Gasteiger partial charge in [0.25, 0.3) is 0 Å². The molecule has 0 heterocycles. The molecule has 1 heteroatoms. The quantitative estimate of drug-likeness (QED) is 0.584. The Morgan fingerprint density at radius 1 is 1.33 bits per heavy atom. The second kappa shape index (κ2) is 4.00. The molecule has 0 amide bonds. The first-order valence-electron chi connectivity index (χ1n) is 5.24. The van der Waals surface area contributed by atoms with Gasteiger partial charge in [-0.25, -0.2) is 0 Å². The van der Waals surface area contributed by atoms with E-state index in [9.17, 15) is 0 Å². The van der Waals surface area contributed by atoms with Gasteiger partial charge in [0.05, 0.1) is 0 Å². The predicted molar refractivity (Wildman–Crippen MR) is 55.6 cm³/mol. The van der Waals surface area contributed by atoms with Crippen LogP contribution >= 0.6 is 11.6 Å². The van der Waals surface area contributed by atoms with Gasteiger partial charge in [0.2, 0.25) is 0 Å². The van der Waals surface area contributed by atoms with E-state index in [1.165, 1.54) is 25.7 Å². The molecule has 0 spiro atoms. The van der Waals surface area contributed by atoms with Crippen LogP contribution in [0.2, 0.25) is 0 Å². The molecule has 72 valence electrons. The van der Waals surface area contributed by atoms with Gasteiger partial charge >= 0.3 is 0 Å². The van der Waals surface area contributed by atoms with Crippen LogP contribution in [0.25, 0.3) is 0 Å². The molecule has 1 fully saturated rings. The molecule has 12 heavy (non-hydrogen) atoms. The van der Waals surface area contributed by atoms with Gasteiger partial charge in [-0.1, -0.05) is 33.6 Å². The normalized spacial score (nSPS) is 35.2. The molecule has 0 aromatic heterocycles. The summed E-state index contributed by atoms with van der Waals surface area (Å²) in [5, 5.41) is 0. The maximum atomic E-state index is 6.08. The number of hydrogen-bond donors (Lipinski definition) is 0. The molecule has 0 bridgehead atoms. The summed E-state index contributed by atoms with van der Waals surface area (Å²) in [6, 6.07) is 0. The van der Waals surface area contributed by atoms with Gasteiger partial charge in [0, 0.05) is 5.88 Å². The highest BCUT2D eigenvalue weighted by atomic mass is 35.5. The molecular formula is C11H21Cl. The third-order valence-corrected chi connectivity index (χ3v) is 4.16. The van der Waals surface area contributed by atoms with Crippen LogP contribution in [0.15, 0.2) is 0 Å². The van der Waals surface area contributed by atoms with Crippen molar-refractivity contribution in [2.75, 3.05) is 5.88 Å². The highest BCUT2D eigenvalue weighted by Crippen LogP contribution is 2.53. The summed E-state index contributed by atoms with van der Waals surface area (Å²) in [5.74, 6) is 2.67. The van der Waals surface area contributed by atoms with E-state index >= 15 is 0 Å². The minimum atomic E-state index is 0.518. The fourth-order valence-electron chi connectivity index (χ4n) is 3.03. The average molecular weight is 189 g/mol. The number of halogens is 1. The highest BCUT2D eigenvalue weighted by Gasteiger charge is 2.45. The highest BCUT2D eigenvalue weighted by molar-refractivity contribution is 6.18. The van der Waals surface area contributed by atoms with Crippen molar-refractivity contribution in [3.8, 4) is 0 Å². The Hall–Kier alpha value is 0.290. The van der Waals surface area contributed by atoms with Crippen molar-refractivity contribution in [2.45, 2.75) is 46.5 Å². The lowest BCUT2D eigenvalue weighted by molar-refractivity contribution is 0.0184. The third-order valence-electron chi connectivity index (χ3n) is 3.63. The standard InChI is InChI=1S/C11H21Cl/c1-4-10(5-2)11(8-12)6-9(3)7-11/h9-10H,4-8H2,1-3H3. The van der Waals surface area contributed by atoms with Crippen LogP contribution in [0.1, 0.15) is 46.5 Å². The van der Waals surface area contributed by atoms with Crippen molar-refractivity contribution in [1.82, 2.24) is 0 Å². The summed E-state index contributed by atoms with van der Waals surface area (Å²) in [7, 11) is 0. The summed E-state index contributed by atoms with van der Waals surface area (Å²) in [6.45, 7) is 6.93. The smallest absolute Gasteiger partial charge is 0.0282 e. The van der Waals surface area contributed by atoms with Crippen LogP contribution < -0.4 is 0 Å². The lowest BCUT2D eigenvalue weighted by Crippen LogP contribution is -2.43. The zero-order chi connectivity index (χ0) is 9.19. The maximum Gasteiger partial charge on any atom is 0.0282 e. The Morgan fingerprint density at radius 2 is 1.83 bits per heavy atom. The van der Waals surface area contributed by atoms with Crippen molar-refractivity contribution in [2.24, 2.45) is 17.3 Å². The molecule has 1 saturated carbocycles. The largest absolute Gasteiger partial charge is 0.126 e. The summed E-state index contributed by atoms with van der Waals surface area (Å²) in [5.41, 5.74) is 0.518. The summed E-state index contributed by atoms with van der Waals surface area (Å²) in [4.78, 5) is 0. The average Bonchev–Trinajstić information content (AvgIpc) is 2.02. The second-order valence-corrected chi connectivity index (χ2v) is 4.79. The molecule has 1 rings (SSSR count). The van der Waals surface area contributed by atoms with E-state index in [4.69, 9.17) is 11.6 Å². The number of hydrogen-bond acceptors (Lipinski definition) is 0. The van der Waals surface area contributed by atoms with Crippen LogP contribution in [0, 0.1) is 17.3 Å². The fourth-order valence-corrected chi connectivity index (χ4v) is 3.47. The SMILES string of the molecule is CCC(CC)C1(CCl)CC(C)C1. The van der Waals surface area contributed by atoms with Crippen LogP contribution in [0.5, 0.6) is 0 Å². The predicted octanol–water partition coefficient (Wildman–Crippen LogP) is 4.08. The number of alkyl halides is 1. The molecule has 0 saturated heterocycles. The minimum absolute atomic E-state index is 0.518. The van der Waals surface area contributed by atoms with E-state index in [0.717, 1.165) is 17.7 Å². The first-order valence-corrected chi connectivity index (χ1v) is 5.78. The lowest BCUT2D eigenvalue weighted by atomic mass is 9.56. The topological polar surface area (TPSA) is 0 Å². The second-order valence-electron chi connectivity index (χ2n) is 4.52. The molecular weight excluding hydrogens is 168 g/mol.